The zero-order valence-electron chi connectivity index (χ0n) is 11.1. The number of nitrogens with zero attached hydrogens (tertiary/aromatic N) is 1. The van der Waals surface area contributed by atoms with Gasteiger partial charge in [-0.25, -0.2) is 0 Å². The summed E-state index contributed by atoms with van der Waals surface area (Å²) < 4.78 is 10.4. The van der Waals surface area contributed by atoms with Crippen LogP contribution in [0, 0.1) is 5.21 Å². The lowest BCUT2D eigenvalue weighted by molar-refractivity contribution is 0.262. The van der Waals surface area contributed by atoms with Crippen molar-refractivity contribution in [1.29, 1.82) is 0 Å². The van der Waals surface area contributed by atoms with Crippen LogP contribution in [0.1, 0.15) is 27.2 Å². The molecular formula is C13H20NO3-. The van der Waals surface area contributed by atoms with Crippen molar-refractivity contribution in [2.45, 2.75) is 32.7 Å². The topological polar surface area (TPSA) is 44.8 Å². The summed E-state index contributed by atoms with van der Waals surface area (Å²) in [4.78, 5) is 0. The summed E-state index contributed by atoms with van der Waals surface area (Å²) in [6.07, 6.45) is 5.92. The number of allylic oxidation sites excluding steroid dienone is 3. The minimum absolute atomic E-state index is 0.447. The highest BCUT2D eigenvalue weighted by atomic mass is 16.5. The molecule has 0 aromatic heterocycles. The summed E-state index contributed by atoms with van der Waals surface area (Å²) in [7, 11) is 3.20. The van der Waals surface area contributed by atoms with Crippen molar-refractivity contribution in [3.05, 3.63) is 40.7 Å². The Bertz CT molecular complexity index is 361. The molecule has 96 valence electrons. The first-order chi connectivity index (χ1) is 7.88. The standard InChI is InChI=1S/C13H20NO3/c1-13(2,3)14(15)9-10-6-7-11(16-4)8-12(10)17-5/h7-9H,6H2,1-5H3/q-1/b10-9+. The zero-order chi connectivity index (χ0) is 13.1. The Morgan fingerprint density at radius 3 is 2.41 bits per heavy atom. The fourth-order valence-electron chi connectivity index (χ4n) is 1.38. The van der Waals surface area contributed by atoms with Gasteiger partial charge >= 0.3 is 0 Å². The van der Waals surface area contributed by atoms with E-state index >= 15 is 0 Å². The van der Waals surface area contributed by atoms with Crippen LogP contribution in [-0.2, 0) is 9.47 Å². The van der Waals surface area contributed by atoms with Crippen molar-refractivity contribution in [3.8, 4) is 0 Å². The summed E-state index contributed by atoms with van der Waals surface area (Å²) in [5.41, 5.74) is 0.412. The van der Waals surface area contributed by atoms with Crippen LogP contribution < -0.4 is 0 Å². The smallest absolute Gasteiger partial charge is 0.127 e. The Labute approximate surface area is 103 Å². The van der Waals surface area contributed by atoms with Crippen molar-refractivity contribution in [3.63, 3.8) is 0 Å². The molecule has 0 atom stereocenters. The third-order valence-corrected chi connectivity index (χ3v) is 2.50. The Kier molecular flexibility index (Phi) is 4.23. The second-order valence-corrected chi connectivity index (χ2v) is 4.88. The van der Waals surface area contributed by atoms with E-state index in [-0.39, 0.29) is 0 Å². The van der Waals surface area contributed by atoms with Crippen LogP contribution in [-0.4, -0.2) is 24.8 Å². The van der Waals surface area contributed by atoms with Crippen molar-refractivity contribution >= 4 is 0 Å². The normalized spacial score (nSPS) is 18.6. The average molecular weight is 238 g/mol. The predicted octanol–water partition coefficient (Wildman–Crippen LogP) is 2.93. The molecule has 0 bridgehead atoms. The summed E-state index contributed by atoms with van der Waals surface area (Å²) in [5, 5.41) is 12.8. The second kappa shape index (κ2) is 5.27. The Morgan fingerprint density at radius 2 is 1.94 bits per heavy atom. The number of rotatable bonds is 3. The third-order valence-electron chi connectivity index (χ3n) is 2.50. The predicted molar refractivity (Wildman–Crippen MR) is 67.8 cm³/mol. The van der Waals surface area contributed by atoms with E-state index in [1.54, 1.807) is 26.5 Å². The third kappa shape index (κ3) is 3.53. The first-order valence-electron chi connectivity index (χ1n) is 5.56. The molecule has 0 heterocycles. The van der Waals surface area contributed by atoms with Crippen molar-refractivity contribution in [2.24, 2.45) is 0 Å². The van der Waals surface area contributed by atoms with Gasteiger partial charge in [-0.15, -0.1) is 0 Å². The highest BCUT2D eigenvalue weighted by Gasteiger charge is 2.15. The molecule has 0 spiro atoms. The lowest BCUT2D eigenvalue weighted by atomic mass is 10.0. The Balaban J connectivity index is 2.91. The van der Waals surface area contributed by atoms with Gasteiger partial charge in [0.15, 0.2) is 0 Å². The molecular weight excluding hydrogens is 218 g/mol. The molecule has 17 heavy (non-hydrogen) atoms. The number of ether oxygens (including phenoxy) is 2. The molecule has 0 fully saturated rings. The molecule has 0 aromatic rings. The molecule has 0 amide bonds. The van der Waals surface area contributed by atoms with E-state index in [9.17, 15) is 5.21 Å². The van der Waals surface area contributed by atoms with Crippen LogP contribution >= 0.6 is 0 Å². The summed E-state index contributed by atoms with van der Waals surface area (Å²) >= 11 is 0. The maximum absolute atomic E-state index is 11.9. The van der Waals surface area contributed by atoms with Crippen LogP contribution in [0.3, 0.4) is 0 Å². The number of methoxy groups -OCH3 is 2. The molecule has 0 saturated carbocycles. The summed E-state index contributed by atoms with van der Waals surface area (Å²) in [6.45, 7) is 5.60. The average Bonchev–Trinajstić information content (AvgIpc) is 2.28. The van der Waals surface area contributed by atoms with Crippen LogP contribution in [0.25, 0.3) is 0 Å². The van der Waals surface area contributed by atoms with Gasteiger partial charge in [-0.2, -0.15) is 0 Å². The number of hydrogen-bond acceptors (Lipinski definition) is 4. The van der Waals surface area contributed by atoms with E-state index in [1.807, 2.05) is 26.8 Å². The maximum Gasteiger partial charge on any atom is 0.127 e. The van der Waals surface area contributed by atoms with Gasteiger partial charge in [0.05, 0.1) is 14.2 Å². The quantitative estimate of drug-likeness (QED) is 0.709. The van der Waals surface area contributed by atoms with Crippen molar-refractivity contribution < 1.29 is 9.47 Å². The Hall–Kier alpha value is -1.42. The van der Waals surface area contributed by atoms with Gasteiger partial charge in [0.25, 0.3) is 0 Å². The molecule has 0 aliphatic heterocycles. The number of hydroxylamine groups is 2. The van der Waals surface area contributed by atoms with E-state index in [1.165, 1.54) is 0 Å². The molecule has 1 aliphatic carbocycles. The molecule has 0 aromatic carbocycles. The minimum atomic E-state index is -0.447. The van der Waals surface area contributed by atoms with E-state index < -0.39 is 5.54 Å². The van der Waals surface area contributed by atoms with Gasteiger partial charge in [-0.05, 0) is 39.5 Å². The van der Waals surface area contributed by atoms with Gasteiger partial charge < -0.3 is 19.7 Å². The zero-order valence-corrected chi connectivity index (χ0v) is 11.1. The lowest BCUT2D eigenvalue weighted by Gasteiger charge is -2.41. The molecule has 0 N–H and O–H groups in total. The maximum atomic E-state index is 11.9. The fourth-order valence-corrected chi connectivity index (χ4v) is 1.38. The van der Waals surface area contributed by atoms with Crippen molar-refractivity contribution in [2.75, 3.05) is 14.2 Å². The van der Waals surface area contributed by atoms with Gasteiger partial charge in [-0.3, -0.25) is 0 Å². The first kappa shape index (κ1) is 13.6. The van der Waals surface area contributed by atoms with Gasteiger partial charge in [0.2, 0.25) is 0 Å². The van der Waals surface area contributed by atoms with E-state index in [0.29, 0.717) is 12.2 Å². The molecule has 0 radical (unpaired) electrons. The minimum Gasteiger partial charge on any atom is -0.758 e. The van der Waals surface area contributed by atoms with E-state index in [0.717, 1.165) is 16.4 Å². The lowest BCUT2D eigenvalue weighted by Crippen LogP contribution is -2.32. The monoisotopic (exact) mass is 238 g/mol. The molecule has 0 unspecified atom stereocenters. The van der Waals surface area contributed by atoms with Gasteiger partial charge in [-0.1, -0.05) is 0 Å². The molecule has 4 nitrogen and oxygen atoms in total. The summed E-state index contributed by atoms with van der Waals surface area (Å²) in [6, 6.07) is 0. The fraction of sp³-hybridized carbons (Fsp3) is 0.538. The largest absolute Gasteiger partial charge is 0.758 e. The highest BCUT2D eigenvalue weighted by molar-refractivity contribution is 5.38. The van der Waals surface area contributed by atoms with E-state index in [4.69, 9.17) is 9.47 Å². The molecule has 0 saturated heterocycles. The van der Waals surface area contributed by atoms with Crippen LogP contribution in [0.5, 0.6) is 0 Å². The first-order valence-corrected chi connectivity index (χ1v) is 5.56. The van der Waals surface area contributed by atoms with Gasteiger partial charge in [0.1, 0.15) is 11.5 Å². The Morgan fingerprint density at radius 1 is 1.29 bits per heavy atom. The molecule has 1 rings (SSSR count). The SMILES string of the molecule is COC1=CC/C(=C\N([O-])C(C)(C)C)C(OC)=C1. The number of hydrogen-bond donors (Lipinski definition) is 0. The second-order valence-electron chi connectivity index (χ2n) is 4.88. The van der Waals surface area contributed by atoms with E-state index in [2.05, 4.69) is 0 Å². The molecule has 4 heteroatoms. The highest BCUT2D eigenvalue weighted by Crippen LogP contribution is 2.26. The van der Waals surface area contributed by atoms with Crippen LogP contribution in [0.4, 0.5) is 0 Å². The van der Waals surface area contributed by atoms with Gasteiger partial charge in [0, 0.05) is 17.2 Å². The van der Waals surface area contributed by atoms with Crippen LogP contribution in [0.2, 0.25) is 0 Å². The summed E-state index contributed by atoms with van der Waals surface area (Å²) in [5.74, 6) is 1.43. The molecule has 1 aliphatic rings. The van der Waals surface area contributed by atoms with Crippen LogP contribution in [0.15, 0.2) is 35.4 Å². The van der Waals surface area contributed by atoms with Crippen molar-refractivity contribution in [1.82, 2.24) is 5.06 Å².